The maximum Gasteiger partial charge on any atom is 0.287 e. The largest absolute Gasteiger partial charge is 0.342 e. The van der Waals surface area contributed by atoms with Crippen molar-refractivity contribution in [3.8, 4) is 0 Å². The van der Waals surface area contributed by atoms with Crippen LogP contribution in [-0.4, -0.2) is 29.5 Å². The van der Waals surface area contributed by atoms with Crippen LogP contribution in [0.2, 0.25) is 10.0 Å². The molecule has 0 aliphatic rings. The molecule has 0 spiro atoms. The van der Waals surface area contributed by atoms with Crippen LogP contribution in [0.4, 0.5) is 5.69 Å². The molecule has 1 aromatic heterocycles. The van der Waals surface area contributed by atoms with Crippen molar-refractivity contribution in [1.29, 1.82) is 0 Å². The fraction of sp³-hybridized carbons (Fsp3) is 0.0556. The third-order valence-corrected chi connectivity index (χ3v) is 5.70. The van der Waals surface area contributed by atoms with Crippen LogP contribution in [0.15, 0.2) is 47.6 Å². The molecule has 2 aromatic carbocycles. The van der Waals surface area contributed by atoms with Crippen LogP contribution in [0.1, 0.15) is 15.2 Å². The second kappa shape index (κ2) is 8.99. The average molecular weight is 451 g/mol. The van der Waals surface area contributed by atoms with Crippen LogP contribution in [0.5, 0.6) is 0 Å². The van der Waals surface area contributed by atoms with E-state index in [1.807, 2.05) is 24.3 Å². The van der Waals surface area contributed by atoms with Crippen LogP contribution >= 0.6 is 34.5 Å². The Balaban J connectivity index is 1.55. The van der Waals surface area contributed by atoms with Gasteiger partial charge in [0.05, 0.1) is 22.7 Å². The van der Waals surface area contributed by atoms with Crippen LogP contribution in [-0.2, 0) is 4.79 Å². The Hall–Kier alpha value is -3.01. The molecular weight excluding hydrogens is 439 g/mol. The highest BCUT2D eigenvalue weighted by molar-refractivity contribution is 7.21. The Kier molecular flexibility index (Phi) is 6.42. The number of nitrogens with one attached hydrogen (secondary N) is 2. The van der Waals surface area contributed by atoms with E-state index >= 15 is 0 Å². The van der Waals surface area contributed by atoms with E-state index in [1.54, 1.807) is 0 Å². The first-order valence-corrected chi connectivity index (χ1v) is 9.65. The lowest BCUT2D eigenvalue weighted by Crippen LogP contribution is -2.34. The Morgan fingerprint density at radius 2 is 1.97 bits per heavy atom. The zero-order chi connectivity index (χ0) is 21.0. The summed E-state index contributed by atoms with van der Waals surface area (Å²) in [7, 11) is 0. The Morgan fingerprint density at radius 3 is 2.66 bits per heavy atom. The van der Waals surface area contributed by atoms with Crippen molar-refractivity contribution in [3.63, 3.8) is 0 Å². The van der Waals surface area contributed by atoms with Crippen molar-refractivity contribution in [1.82, 2.24) is 10.7 Å². The maximum absolute atomic E-state index is 12.3. The highest BCUT2D eigenvalue weighted by Gasteiger charge is 2.17. The van der Waals surface area contributed by atoms with Crippen molar-refractivity contribution in [2.24, 2.45) is 5.10 Å². The molecule has 0 atom stereocenters. The number of nitro groups is 1. The van der Waals surface area contributed by atoms with E-state index in [4.69, 9.17) is 23.2 Å². The number of hydrogen-bond acceptors (Lipinski definition) is 6. The molecule has 3 rings (SSSR count). The van der Waals surface area contributed by atoms with Gasteiger partial charge in [0.25, 0.3) is 17.5 Å². The van der Waals surface area contributed by atoms with Crippen molar-refractivity contribution in [3.05, 3.63) is 73.1 Å². The minimum absolute atomic E-state index is 0.0437. The molecule has 11 heteroatoms. The maximum atomic E-state index is 12.3. The minimum atomic E-state index is -0.601. The van der Waals surface area contributed by atoms with Crippen molar-refractivity contribution in [2.45, 2.75) is 0 Å². The molecule has 1 heterocycles. The van der Waals surface area contributed by atoms with E-state index in [9.17, 15) is 19.7 Å². The fourth-order valence-electron chi connectivity index (χ4n) is 2.37. The number of nitrogens with zero attached hydrogens (tertiary/aromatic N) is 2. The molecule has 0 aliphatic carbocycles. The lowest BCUT2D eigenvalue weighted by Gasteiger charge is -2.03. The lowest BCUT2D eigenvalue weighted by atomic mass is 10.2. The van der Waals surface area contributed by atoms with Gasteiger partial charge in [-0.2, -0.15) is 5.10 Å². The smallest absolute Gasteiger partial charge is 0.287 e. The summed E-state index contributed by atoms with van der Waals surface area (Å²) in [5, 5.41) is 18.0. The third-order valence-electron chi connectivity index (χ3n) is 3.72. The van der Waals surface area contributed by atoms with E-state index < -0.39 is 16.7 Å². The second-order valence-corrected chi connectivity index (χ2v) is 7.52. The molecule has 0 aliphatic heterocycles. The summed E-state index contributed by atoms with van der Waals surface area (Å²) in [6.07, 6.45) is 1.28. The number of nitro benzene ring substituents is 1. The molecule has 0 unspecified atom stereocenters. The quantitative estimate of drug-likeness (QED) is 0.335. The fourth-order valence-corrected chi connectivity index (χ4v) is 4.06. The van der Waals surface area contributed by atoms with E-state index in [0.717, 1.165) is 10.1 Å². The first kappa shape index (κ1) is 20.7. The number of amides is 2. The second-order valence-electron chi connectivity index (χ2n) is 5.69. The van der Waals surface area contributed by atoms with Crippen molar-refractivity contribution >= 4 is 68.3 Å². The SMILES string of the molecule is O=C(CNC(=O)c1sc2ccccc2c1Cl)N/N=C\c1ccc([N+](=O)[O-])c(Cl)c1. The van der Waals surface area contributed by atoms with Gasteiger partial charge in [-0.15, -0.1) is 11.3 Å². The number of hydrazone groups is 1. The number of halogens is 2. The first-order valence-electron chi connectivity index (χ1n) is 8.08. The highest BCUT2D eigenvalue weighted by atomic mass is 35.5. The molecule has 0 saturated heterocycles. The van der Waals surface area contributed by atoms with Gasteiger partial charge < -0.3 is 5.32 Å². The molecule has 148 valence electrons. The molecule has 2 N–H and O–H groups in total. The molecule has 0 saturated carbocycles. The van der Waals surface area contributed by atoms with Crippen LogP contribution < -0.4 is 10.7 Å². The Morgan fingerprint density at radius 1 is 1.21 bits per heavy atom. The van der Waals surface area contributed by atoms with E-state index in [0.29, 0.717) is 15.5 Å². The summed E-state index contributed by atoms with van der Waals surface area (Å²) < 4.78 is 0.874. The van der Waals surface area contributed by atoms with Gasteiger partial charge in [-0.25, -0.2) is 5.43 Å². The normalized spacial score (nSPS) is 11.0. The monoisotopic (exact) mass is 450 g/mol. The van der Waals surface area contributed by atoms with Gasteiger partial charge in [0.15, 0.2) is 0 Å². The number of benzene rings is 2. The number of hydrogen-bond donors (Lipinski definition) is 2. The van der Waals surface area contributed by atoms with Crippen molar-refractivity contribution < 1.29 is 14.5 Å². The number of fused-ring (bicyclic) bond motifs is 1. The predicted octanol–water partition coefficient (Wildman–Crippen LogP) is 4.00. The Bertz CT molecular complexity index is 1150. The van der Waals surface area contributed by atoms with Gasteiger partial charge in [-0.05, 0) is 23.8 Å². The minimum Gasteiger partial charge on any atom is -0.342 e. The number of rotatable bonds is 6. The lowest BCUT2D eigenvalue weighted by molar-refractivity contribution is -0.384. The van der Waals surface area contributed by atoms with E-state index in [2.05, 4.69) is 15.8 Å². The van der Waals surface area contributed by atoms with E-state index in [1.165, 1.54) is 35.8 Å². The number of carbonyl (C=O) groups is 2. The molecule has 0 radical (unpaired) electrons. The van der Waals surface area contributed by atoms with Crippen molar-refractivity contribution in [2.75, 3.05) is 6.54 Å². The zero-order valence-corrected chi connectivity index (χ0v) is 16.8. The summed E-state index contributed by atoms with van der Waals surface area (Å²) in [6, 6.07) is 11.4. The third kappa shape index (κ3) is 4.89. The molecule has 8 nitrogen and oxygen atoms in total. The summed E-state index contributed by atoms with van der Waals surface area (Å²) in [5.41, 5.74) is 2.48. The van der Waals surface area contributed by atoms with Gasteiger partial charge in [0.2, 0.25) is 0 Å². The topological polar surface area (TPSA) is 114 Å². The summed E-state index contributed by atoms with van der Waals surface area (Å²) >= 11 is 13.3. The van der Waals surface area contributed by atoms with Gasteiger partial charge in [0.1, 0.15) is 9.90 Å². The van der Waals surface area contributed by atoms with Gasteiger partial charge in [-0.1, -0.05) is 41.4 Å². The van der Waals surface area contributed by atoms with Crippen LogP contribution in [0.3, 0.4) is 0 Å². The van der Waals surface area contributed by atoms with Gasteiger partial charge >= 0.3 is 0 Å². The summed E-state index contributed by atoms with van der Waals surface area (Å²) in [6.45, 7) is -0.304. The molecule has 0 fully saturated rings. The predicted molar refractivity (Wildman–Crippen MR) is 113 cm³/mol. The first-order chi connectivity index (χ1) is 13.9. The standard InChI is InChI=1S/C18H12Cl2N4O4S/c19-12-7-10(5-6-13(12)24(27)28)8-22-23-15(25)9-21-18(26)17-16(20)11-3-1-2-4-14(11)29-17/h1-8H,9H2,(H,21,26)(H,23,25)/b22-8-. The summed E-state index contributed by atoms with van der Waals surface area (Å²) in [4.78, 5) is 34.6. The van der Waals surface area contributed by atoms with Crippen LogP contribution in [0, 0.1) is 10.1 Å². The molecule has 3 aromatic rings. The van der Waals surface area contributed by atoms with Crippen LogP contribution in [0.25, 0.3) is 10.1 Å². The summed E-state index contributed by atoms with van der Waals surface area (Å²) in [5.74, 6) is -1.02. The van der Waals surface area contributed by atoms with Gasteiger partial charge in [-0.3, -0.25) is 19.7 Å². The number of carbonyl (C=O) groups excluding carboxylic acids is 2. The van der Waals surface area contributed by atoms with Gasteiger partial charge in [0, 0.05) is 16.2 Å². The number of thiophene rings is 1. The van der Waals surface area contributed by atoms with E-state index in [-0.39, 0.29) is 17.3 Å². The molecule has 2 amide bonds. The highest BCUT2D eigenvalue weighted by Crippen LogP contribution is 2.34. The molecule has 29 heavy (non-hydrogen) atoms. The Labute approximate surface area is 178 Å². The average Bonchev–Trinajstić information content (AvgIpc) is 3.03. The molecular formula is C18H12Cl2N4O4S. The molecule has 0 bridgehead atoms. The zero-order valence-electron chi connectivity index (χ0n) is 14.5.